The van der Waals surface area contributed by atoms with Crippen LogP contribution >= 0.6 is 20.0 Å². The van der Waals surface area contributed by atoms with Gasteiger partial charge in [-0.15, -0.1) is 0 Å². The van der Waals surface area contributed by atoms with Crippen LogP contribution in [0.25, 0.3) is 0 Å². The van der Waals surface area contributed by atoms with Gasteiger partial charge in [-0.05, 0) is 25.6 Å². The third-order valence-electron chi connectivity index (χ3n) is 7.88. The van der Waals surface area contributed by atoms with E-state index in [9.17, 15) is 34.7 Å². The summed E-state index contributed by atoms with van der Waals surface area (Å²) in [4.78, 5) is 23.9. The second-order valence-corrected chi connectivity index (χ2v) is 13.5. The number of hydrogen-bond acceptors (Lipinski definition) is 11. The van der Waals surface area contributed by atoms with Crippen LogP contribution in [0.15, 0.2) is 17.1 Å². The van der Waals surface area contributed by atoms with Gasteiger partial charge in [0.1, 0.15) is 17.8 Å². The molecule has 1 aliphatic heterocycles. The lowest BCUT2D eigenvalue weighted by Crippen LogP contribution is -2.45. The van der Waals surface area contributed by atoms with Gasteiger partial charge in [0, 0.05) is 12.3 Å². The highest BCUT2D eigenvalue weighted by molar-refractivity contribution is 7.71. The van der Waals surface area contributed by atoms with Crippen LogP contribution in [0.5, 0.6) is 0 Å². The summed E-state index contributed by atoms with van der Waals surface area (Å²) < 4.78 is 29.1. The minimum Gasteiger partial charge on any atom is -0.390 e. The van der Waals surface area contributed by atoms with E-state index in [1.807, 2.05) is 0 Å². The van der Waals surface area contributed by atoms with Crippen LogP contribution in [0.2, 0.25) is 0 Å². The third kappa shape index (κ3) is 12.7. The molecule has 8 N–H and O–H groups in total. The van der Waals surface area contributed by atoms with Crippen molar-refractivity contribution in [2.75, 3.05) is 13.2 Å². The number of unbranched alkanes of at least 4 members (excludes halogenated alkanes) is 11. The SMILES string of the molecule is CCCCCCCCCCCCCC[C@@H](O)[C@@H](O)[C@@H](N)COP(=O)(O)OC[C@H]1O[C@@H](n2ccc(=O)[nH]c2=S)[C@](C)(O)C1O. The molecule has 43 heavy (non-hydrogen) atoms. The molecule has 2 rings (SSSR count). The van der Waals surface area contributed by atoms with Crippen LogP contribution in [0.3, 0.4) is 0 Å². The fourth-order valence-electron chi connectivity index (χ4n) is 5.12. The molecule has 1 fully saturated rings. The van der Waals surface area contributed by atoms with Gasteiger partial charge in [-0.25, -0.2) is 4.57 Å². The van der Waals surface area contributed by atoms with Crippen molar-refractivity contribution in [3.05, 3.63) is 27.4 Å². The van der Waals surface area contributed by atoms with Gasteiger partial charge < -0.3 is 35.8 Å². The van der Waals surface area contributed by atoms with Crippen LogP contribution in [0.4, 0.5) is 0 Å². The molecule has 0 saturated carbocycles. The quantitative estimate of drug-likeness (QED) is 0.0547. The number of aromatic amines is 1. The van der Waals surface area contributed by atoms with E-state index in [1.54, 1.807) is 0 Å². The van der Waals surface area contributed by atoms with Gasteiger partial charge in [-0.2, -0.15) is 0 Å². The van der Waals surface area contributed by atoms with E-state index in [0.717, 1.165) is 31.7 Å². The number of nitrogens with zero attached hydrogens (tertiary/aromatic N) is 1. The van der Waals surface area contributed by atoms with Crippen molar-refractivity contribution in [2.45, 2.75) is 140 Å². The first-order valence-corrected chi connectivity index (χ1v) is 17.3. The van der Waals surface area contributed by atoms with Crippen LogP contribution in [-0.2, 0) is 18.3 Å². The van der Waals surface area contributed by atoms with Crippen LogP contribution < -0.4 is 11.3 Å². The Balaban J connectivity index is 1.67. The summed E-state index contributed by atoms with van der Waals surface area (Å²) in [6, 6.07) is 0.00563. The molecule has 15 heteroatoms. The second-order valence-electron chi connectivity index (χ2n) is 11.7. The molecule has 1 aromatic rings. The lowest BCUT2D eigenvalue weighted by Gasteiger charge is -2.28. The zero-order chi connectivity index (χ0) is 32.0. The first-order chi connectivity index (χ1) is 20.3. The smallest absolute Gasteiger partial charge is 0.390 e. The fraction of sp³-hybridized carbons (Fsp3) is 0.857. The van der Waals surface area contributed by atoms with Crippen LogP contribution in [0, 0.1) is 4.77 Å². The highest BCUT2D eigenvalue weighted by atomic mass is 32.1. The number of phosphoric acid groups is 1. The van der Waals surface area contributed by atoms with Crippen molar-refractivity contribution in [3.63, 3.8) is 0 Å². The standard InChI is InChI=1S/C28H52N3O10PS/c1-3-4-5-6-7-8-9-10-11-12-13-14-15-21(32)24(34)20(29)18-39-42(37,38)40-19-22-25(35)28(2,36)26(41-22)31-17-16-23(33)30-27(31)43/h16-17,20-22,24-26,32,34-36H,3-15,18-19,29H2,1-2H3,(H,37,38)(H,30,33,43)/t20-,21+,22+,24-,25?,26+,28+/m0/s1. The number of aromatic nitrogens is 2. The molecule has 0 spiro atoms. The summed E-state index contributed by atoms with van der Waals surface area (Å²) in [6.45, 7) is 2.29. The molecule has 0 radical (unpaired) electrons. The Hall–Kier alpha value is -1.03. The fourth-order valence-corrected chi connectivity index (χ4v) is 6.15. The van der Waals surface area contributed by atoms with Crippen molar-refractivity contribution in [2.24, 2.45) is 5.73 Å². The number of aliphatic hydroxyl groups is 4. The number of phosphoric ester groups is 1. The highest BCUT2D eigenvalue weighted by Gasteiger charge is 2.53. The van der Waals surface area contributed by atoms with E-state index >= 15 is 0 Å². The Bertz CT molecular complexity index is 1100. The molecular formula is C28H52N3O10PS. The van der Waals surface area contributed by atoms with Crippen molar-refractivity contribution < 1.29 is 43.7 Å². The van der Waals surface area contributed by atoms with Crippen molar-refractivity contribution in [1.29, 1.82) is 0 Å². The predicted molar refractivity (Wildman–Crippen MR) is 164 cm³/mol. The number of H-pyrrole nitrogens is 1. The lowest BCUT2D eigenvalue weighted by molar-refractivity contribution is -0.0979. The molecule has 1 saturated heterocycles. The van der Waals surface area contributed by atoms with E-state index in [-0.39, 0.29) is 4.77 Å². The van der Waals surface area contributed by atoms with Gasteiger partial charge >= 0.3 is 7.82 Å². The number of nitrogens with one attached hydrogen (secondary N) is 1. The van der Waals surface area contributed by atoms with E-state index < -0.39 is 68.9 Å². The number of ether oxygens (including phenoxy) is 1. The molecule has 0 amide bonds. The molecule has 2 unspecified atom stereocenters. The molecule has 250 valence electrons. The number of rotatable bonds is 22. The van der Waals surface area contributed by atoms with Gasteiger partial charge in [-0.3, -0.25) is 23.4 Å². The van der Waals surface area contributed by atoms with E-state index in [4.69, 9.17) is 31.7 Å². The van der Waals surface area contributed by atoms with E-state index in [0.29, 0.717) is 6.42 Å². The Morgan fingerprint density at radius 3 is 2.21 bits per heavy atom. The summed E-state index contributed by atoms with van der Waals surface area (Å²) in [5, 5.41) is 42.0. The summed E-state index contributed by atoms with van der Waals surface area (Å²) in [5.41, 5.74) is 3.54. The van der Waals surface area contributed by atoms with Crippen LogP contribution in [0.1, 0.15) is 104 Å². The Morgan fingerprint density at radius 1 is 1.09 bits per heavy atom. The van der Waals surface area contributed by atoms with Gasteiger partial charge in [0.15, 0.2) is 11.0 Å². The molecule has 0 aliphatic carbocycles. The highest BCUT2D eigenvalue weighted by Crippen LogP contribution is 2.45. The Labute approximate surface area is 259 Å². The van der Waals surface area contributed by atoms with Crippen molar-refractivity contribution in [1.82, 2.24) is 9.55 Å². The third-order valence-corrected chi connectivity index (χ3v) is 9.14. The average molecular weight is 654 g/mol. The maximum atomic E-state index is 12.4. The van der Waals surface area contributed by atoms with E-state index in [1.165, 1.54) is 69.1 Å². The minimum absolute atomic E-state index is 0.0590. The summed E-state index contributed by atoms with van der Waals surface area (Å²) >= 11 is 5.09. The molecule has 8 atom stereocenters. The summed E-state index contributed by atoms with van der Waals surface area (Å²) in [7, 11) is -4.71. The summed E-state index contributed by atoms with van der Waals surface area (Å²) in [5.74, 6) is 0. The zero-order valence-corrected chi connectivity index (χ0v) is 27.1. The average Bonchev–Trinajstić information content (AvgIpc) is 3.18. The maximum Gasteiger partial charge on any atom is 0.472 e. The van der Waals surface area contributed by atoms with Crippen molar-refractivity contribution >= 4 is 20.0 Å². The largest absolute Gasteiger partial charge is 0.472 e. The minimum atomic E-state index is -4.71. The molecule has 1 aromatic heterocycles. The van der Waals surface area contributed by atoms with Gasteiger partial charge in [0.25, 0.3) is 5.56 Å². The molecule has 0 aromatic carbocycles. The molecule has 0 bridgehead atoms. The first kappa shape index (κ1) is 38.2. The molecule has 13 nitrogen and oxygen atoms in total. The van der Waals surface area contributed by atoms with Gasteiger partial charge in [-0.1, -0.05) is 84.0 Å². The first-order valence-electron chi connectivity index (χ1n) is 15.4. The normalized spacial score (nSPS) is 25.8. The maximum absolute atomic E-state index is 12.4. The van der Waals surface area contributed by atoms with Gasteiger partial charge in [0.2, 0.25) is 0 Å². The zero-order valence-electron chi connectivity index (χ0n) is 25.4. The second kappa shape index (κ2) is 18.8. The van der Waals surface area contributed by atoms with Gasteiger partial charge in [0.05, 0.1) is 31.5 Å². The van der Waals surface area contributed by atoms with Crippen molar-refractivity contribution in [3.8, 4) is 0 Å². The topological polar surface area (TPSA) is 210 Å². The predicted octanol–water partition coefficient (Wildman–Crippen LogP) is 3.19. The van der Waals surface area contributed by atoms with E-state index in [2.05, 4.69) is 11.9 Å². The number of hydrogen-bond donors (Lipinski definition) is 7. The van der Waals surface area contributed by atoms with Crippen LogP contribution in [-0.4, -0.2) is 84.1 Å². The molecular weight excluding hydrogens is 601 g/mol. The monoisotopic (exact) mass is 653 g/mol. The Morgan fingerprint density at radius 2 is 1.65 bits per heavy atom. The lowest BCUT2D eigenvalue weighted by atomic mass is 9.96. The summed E-state index contributed by atoms with van der Waals surface area (Å²) in [6.07, 6.45) is 9.28. The number of nitrogens with two attached hydrogens (primary N) is 1. The molecule has 1 aliphatic rings. The molecule has 2 heterocycles. The Kier molecular flexibility index (Phi) is 16.7. The number of aliphatic hydroxyl groups excluding tert-OH is 3.